The molecule has 5 nitrogen and oxygen atoms in total. The topological polar surface area (TPSA) is 33.5 Å². The van der Waals surface area contributed by atoms with Crippen LogP contribution in [0.3, 0.4) is 0 Å². The molecule has 6 heteroatoms. The lowest BCUT2D eigenvalue weighted by Gasteiger charge is -2.20. The maximum atomic E-state index is 7.93. The summed E-state index contributed by atoms with van der Waals surface area (Å²) in [5.74, 6) is 0.895. The molecule has 198 valence electrons. The van der Waals surface area contributed by atoms with Crippen LogP contribution in [0.2, 0.25) is 0 Å². The quantitative estimate of drug-likeness (QED) is 0.221. The molecule has 7 rings (SSSR count). The Morgan fingerprint density at radius 3 is 2.38 bits per heavy atom. The molecule has 0 aliphatic carbocycles. The van der Waals surface area contributed by atoms with Gasteiger partial charge in [-0.1, -0.05) is 75.0 Å². The Balaban J connectivity index is 1.28. The number of nitrogens with zero attached hydrogens (tertiary/aromatic N) is 4. The van der Waals surface area contributed by atoms with Crippen LogP contribution in [0.25, 0.3) is 27.6 Å². The highest BCUT2D eigenvalue weighted by molar-refractivity contribution is 7.99. The minimum atomic E-state index is -2.44. The number of hydrogen-bond donors (Lipinski definition) is 0. The van der Waals surface area contributed by atoms with E-state index in [2.05, 4.69) is 79.9 Å². The summed E-state index contributed by atoms with van der Waals surface area (Å²) in [5, 5.41) is 4.91. The van der Waals surface area contributed by atoms with Crippen molar-refractivity contribution >= 4 is 50.6 Å². The Morgan fingerprint density at radius 1 is 0.750 bits per heavy atom. The van der Waals surface area contributed by atoms with Crippen LogP contribution in [0.5, 0.6) is 0 Å². The smallest absolute Gasteiger partial charge is 0.137 e. The number of rotatable bonds is 4. The van der Waals surface area contributed by atoms with Gasteiger partial charge in [0.25, 0.3) is 0 Å². The second kappa shape index (κ2) is 9.44. The van der Waals surface area contributed by atoms with Gasteiger partial charge in [-0.25, -0.2) is 10.0 Å². The summed E-state index contributed by atoms with van der Waals surface area (Å²) in [4.78, 5) is 12.7. The molecular formula is C34H30N4OS. The van der Waals surface area contributed by atoms with E-state index in [0.717, 1.165) is 37.4 Å². The molecular weight excluding hydrogens is 512 g/mol. The molecule has 2 aromatic heterocycles. The van der Waals surface area contributed by atoms with Crippen molar-refractivity contribution in [1.29, 1.82) is 0 Å². The van der Waals surface area contributed by atoms with Crippen LogP contribution in [-0.4, -0.2) is 16.5 Å². The Bertz CT molecular complexity index is 2000. The van der Waals surface area contributed by atoms with Gasteiger partial charge in [-0.2, -0.15) is 5.06 Å². The minimum absolute atomic E-state index is 0.00255. The first-order valence-corrected chi connectivity index (χ1v) is 14.1. The molecule has 0 bridgehead atoms. The third-order valence-corrected chi connectivity index (χ3v) is 8.24. The average Bonchev–Trinajstić information content (AvgIpc) is 3.53. The maximum Gasteiger partial charge on any atom is 0.137 e. The average molecular weight is 546 g/mol. The van der Waals surface area contributed by atoms with E-state index in [1.165, 1.54) is 16.3 Å². The maximum absolute atomic E-state index is 7.93. The molecule has 1 aliphatic heterocycles. The molecule has 40 heavy (non-hydrogen) atoms. The van der Waals surface area contributed by atoms with Gasteiger partial charge in [0.05, 0.1) is 28.1 Å². The van der Waals surface area contributed by atoms with Crippen LogP contribution < -0.4 is 10.1 Å². The number of para-hydroxylation sites is 3. The molecule has 6 aromatic rings. The molecule has 0 amide bonds. The highest BCUT2D eigenvalue weighted by Crippen LogP contribution is 2.42. The van der Waals surface area contributed by atoms with Crippen LogP contribution >= 0.6 is 11.8 Å². The van der Waals surface area contributed by atoms with Gasteiger partial charge in [0.2, 0.25) is 0 Å². The molecule has 0 radical (unpaired) electrons. The number of benzene rings is 4. The summed E-state index contributed by atoms with van der Waals surface area (Å²) in [6, 6.07) is 34.5. The summed E-state index contributed by atoms with van der Waals surface area (Å²) in [7, 11) is 0. The Labute approximate surface area is 242 Å². The zero-order valence-electron chi connectivity index (χ0n) is 25.5. The highest BCUT2D eigenvalue weighted by atomic mass is 32.2. The van der Waals surface area contributed by atoms with E-state index in [0.29, 0.717) is 11.4 Å². The van der Waals surface area contributed by atoms with Crippen molar-refractivity contribution in [1.82, 2.24) is 9.55 Å². The lowest BCUT2D eigenvalue weighted by Crippen LogP contribution is -2.20. The van der Waals surface area contributed by atoms with E-state index in [-0.39, 0.29) is 5.41 Å². The van der Waals surface area contributed by atoms with Gasteiger partial charge in [-0.15, -0.1) is 4.94 Å². The van der Waals surface area contributed by atoms with E-state index >= 15 is 0 Å². The van der Waals surface area contributed by atoms with Gasteiger partial charge >= 0.3 is 0 Å². The van der Waals surface area contributed by atoms with Gasteiger partial charge in [0, 0.05) is 37.8 Å². The zero-order valence-corrected chi connectivity index (χ0v) is 23.3. The number of hydrogen-bond acceptors (Lipinski definition) is 5. The molecule has 0 fully saturated rings. The summed E-state index contributed by atoms with van der Waals surface area (Å²) in [5.41, 5.74) is 5.36. The van der Waals surface area contributed by atoms with Crippen LogP contribution in [0.4, 0.5) is 17.1 Å². The SMILES string of the molecule is [2H]C([2H])([2H])N1ON(c2cccc(Sc3ccc4c5ccccc5n(-c5cc(C(C)(C)C)ccn5)c4c3)c2)c2ccccc21. The van der Waals surface area contributed by atoms with Gasteiger partial charge in [-0.05, 0) is 71.6 Å². The molecule has 0 unspecified atom stereocenters. The van der Waals surface area contributed by atoms with Crippen molar-refractivity contribution in [2.24, 2.45) is 0 Å². The first-order chi connectivity index (χ1) is 20.6. The first kappa shape index (κ1) is 21.5. The van der Waals surface area contributed by atoms with Crippen LogP contribution in [0.1, 0.15) is 30.4 Å². The number of pyridine rings is 1. The predicted octanol–water partition coefficient (Wildman–Crippen LogP) is 9.06. The van der Waals surface area contributed by atoms with E-state index in [1.54, 1.807) is 29.0 Å². The van der Waals surface area contributed by atoms with Crippen molar-refractivity contribution in [2.75, 3.05) is 17.1 Å². The molecule has 0 atom stereocenters. The van der Waals surface area contributed by atoms with Crippen molar-refractivity contribution in [3.63, 3.8) is 0 Å². The fraction of sp³-hybridized carbons (Fsp3) is 0.147. The van der Waals surface area contributed by atoms with Crippen molar-refractivity contribution in [3.8, 4) is 5.82 Å². The van der Waals surface area contributed by atoms with Crippen molar-refractivity contribution in [3.05, 3.63) is 115 Å². The third-order valence-electron chi connectivity index (χ3n) is 7.26. The largest absolute Gasteiger partial charge is 0.294 e. The fourth-order valence-corrected chi connectivity index (χ4v) is 6.15. The molecule has 4 aromatic carbocycles. The van der Waals surface area contributed by atoms with E-state index in [4.69, 9.17) is 14.0 Å². The molecule has 0 saturated heterocycles. The second-order valence-electron chi connectivity index (χ2n) is 10.9. The summed E-state index contributed by atoms with van der Waals surface area (Å²) in [6.45, 7) is 4.21. The fourth-order valence-electron chi connectivity index (χ4n) is 5.24. The van der Waals surface area contributed by atoms with Crippen LogP contribution in [-0.2, 0) is 10.4 Å². The minimum Gasteiger partial charge on any atom is -0.294 e. The van der Waals surface area contributed by atoms with Gasteiger partial charge < -0.3 is 0 Å². The predicted molar refractivity (Wildman–Crippen MR) is 166 cm³/mol. The summed E-state index contributed by atoms with van der Waals surface area (Å²) >= 11 is 1.64. The second-order valence-corrected chi connectivity index (χ2v) is 12.1. The monoisotopic (exact) mass is 545 g/mol. The van der Waals surface area contributed by atoms with E-state index in [1.807, 2.05) is 42.6 Å². The van der Waals surface area contributed by atoms with E-state index < -0.39 is 6.98 Å². The first-order valence-electron chi connectivity index (χ1n) is 14.7. The van der Waals surface area contributed by atoms with Crippen molar-refractivity contribution < 1.29 is 9.05 Å². The Morgan fingerprint density at radius 2 is 1.52 bits per heavy atom. The zero-order chi connectivity index (χ0) is 29.9. The highest BCUT2D eigenvalue weighted by Gasteiger charge is 2.26. The van der Waals surface area contributed by atoms with Gasteiger partial charge in [0.15, 0.2) is 0 Å². The molecule has 3 heterocycles. The number of hydroxylamine groups is 1. The third kappa shape index (κ3) is 4.21. The summed E-state index contributed by atoms with van der Waals surface area (Å²) < 4.78 is 26.0. The number of anilines is 3. The van der Waals surface area contributed by atoms with Gasteiger partial charge in [0.1, 0.15) is 5.82 Å². The molecule has 0 N–H and O–H groups in total. The number of fused-ring (bicyclic) bond motifs is 4. The molecule has 0 spiro atoms. The standard InChI is InChI=1S/C34H30N4OS/c1-34(2,3)23-18-19-35-33(20-23)37-29-13-6-5-12-27(29)28-17-16-26(22-32(28)37)40-25-11-9-10-24(21-25)38-31-15-8-7-14-30(31)36(4)39-38/h5-22H,1-4H3/i4D3. The lowest BCUT2D eigenvalue weighted by atomic mass is 9.88. The van der Waals surface area contributed by atoms with Crippen LogP contribution in [0, 0.1) is 0 Å². The lowest BCUT2D eigenvalue weighted by molar-refractivity contribution is 0.142. The summed E-state index contributed by atoms with van der Waals surface area (Å²) in [6.07, 6.45) is 1.90. The molecule has 0 saturated carbocycles. The Hall–Kier alpha value is -4.26. The van der Waals surface area contributed by atoms with E-state index in [9.17, 15) is 0 Å². The number of aromatic nitrogens is 2. The van der Waals surface area contributed by atoms with Crippen molar-refractivity contribution in [2.45, 2.75) is 36.0 Å². The van der Waals surface area contributed by atoms with Gasteiger partial charge in [-0.3, -0.25) is 4.57 Å². The van der Waals surface area contributed by atoms with Crippen LogP contribution in [0.15, 0.2) is 119 Å². The Kier molecular flexibility index (Phi) is 5.08. The normalized spacial score (nSPS) is 14.8. The molecule has 1 aliphatic rings.